The summed E-state index contributed by atoms with van der Waals surface area (Å²) in [6, 6.07) is 6.45. The van der Waals surface area contributed by atoms with Crippen LogP contribution in [0.4, 0.5) is 0 Å². The lowest BCUT2D eigenvalue weighted by Crippen LogP contribution is -2.43. The number of aryl methyl sites for hydroxylation is 2. The molecule has 1 fully saturated rings. The van der Waals surface area contributed by atoms with E-state index in [1.807, 2.05) is 14.0 Å². The molecule has 1 heterocycles. The van der Waals surface area contributed by atoms with Crippen molar-refractivity contribution >= 4 is 5.91 Å². The number of hydrogen-bond acceptors (Lipinski definition) is 3. The Morgan fingerprint density at radius 3 is 2.75 bits per heavy atom. The topological polar surface area (TPSA) is 50.4 Å². The smallest absolute Gasteiger partial charge is 0.227 e. The van der Waals surface area contributed by atoms with Crippen LogP contribution in [0.25, 0.3) is 0 Å². The fraction of sp³-hybridized carbons (Fsp3) is 0.562. The van der Waals surface area contributed by atoms with Crippen LogP contribution in [0.2, 0.25) is 0 Å². The molecule has 3 atom stereocenters. The molecule has 0 aromatic heterocycles. The van der Waals surface area contributed by atoms with Crippen LogP contribution in [0, 0.1) is 19.8 Å². The molecule has 1 aliphatic heterocycles. The predicted octanol–water partition coefficient (Wildman–Crippen LogP) is 1.72. The molecule has 0 spiro atoms. The quantitative estimate of drug-likeness (QED) is 0.880. The Hall–Kier alpha value is -1.39. The summed E-state index contributed by atoms with van der Waals surface area (Å²) in [7, 11) is 1.87. The number of amides is 1. The van der Waals surface area contributed by atoms with E-state index < -0.39 is 0 Å². The molecule has 110 valence electrons. The van der Waals surface area contributed by atoms with E-state index in [0.29, 0.717) is 13.2 Å². The van der Waals surface area contributed by atoms with E-state index in [4.69, 9.17) is 4.74 Å². The molecule has 0 aliphatic carbocycles. The molecule has 4 nitrogen and oxygen atoms in total. The minimum Gasteiger partial charge on any atom is -0.379 e. The summed E-state index contributed by atoms with van der Waals surface area (Å²) in [5.41, 5.74) is 3.62. The van der Waals surface area contributed by atoms with E-state index in [-0.39, 0.29) is 23.9 Å². The van der Waals surface area contributed by atoms with Gasteiger partial charge in [-0.25, -0.2) is 0 Å². The minimum absolute atomic E-state index is 0.0150. The minimum atomic E-state index is -0.104. The number of nitrogens with one attached hydrogen (secondary N) is 2. The number of hydrogen-bond donors (Lipinski definition) is 2. The van der Waals surface area contributed by atoms with Gasteiger partial charge in [0.15, 0.2) is 0 Å². The van der Waals surface area contributed by atoms with Crippen LogP contribution in [0.15, 0.2) is 18.2 Å². The highest BCUT2D eigenvalue weighted by molar-refractivity contribution is 5.80. The van der Waals surface area contributed by atoms with Crippen LogP contribution in [-0.2, 0) is 9.53 Å². The molecule has 0 saturated carbocycles. The van der Waals surface area contributed by atoms with Crippen molar-refractivity contribution < 1.29 is 9.53 Å². The normalized spacial score (nSPS) is 23.6. The fourth-order valence-corrected chi connectivity index (χ4v) is 2.81. The van der Waals surface area contributed by atoms with Crippen molar-refractivity contribution in [3.05, 3.63) is 34.9 Å². The van der Waals surface area contributed by atoms with Crippen LogP contribution in [0.3, 0.4) is 0 Å². The average Bonchev–Trinajstić information content (AvgIpc) is 2.86. The van der Waals surface area contributed by atoms with Gasteiger partial charge in [-0.05, 0) is 38.9 Å². The standard InChI is InChI=1S/C16H24N2O2/c1-10-5-6-13(11(2)7-10)12(3)18-16(19)14-8-20-9-15(14)17-4/h5-7,12,14-15,17H,8-9H2,1-4H3,(H,18,19). The van der Waals surface area contributed by atoms with Crippen molar-refractivity contribution in [3.63, 3.8) is 0 Å². The van der Waals surface area contributed by atoms with Gasteiger partial charge in [0.1, 0.15) is 0 Å². The lowest BCUT2D eigenvalue weighted by molar-refractivity contribution is -0.126. The van der Waals surface area contributed by atoms with Gasteiger partial charge in [-0.2, -0.15) is 0 Å². The van der Waals surface area contributed by atoms with Gasteiger partial charge in [0.2, 0.25) is 5.91 Å². The summed E-state index contributed by atoms with van der Waals surface area (Å²) in [5.74, 6) is -0.0393. The van der Waals surface area contributed by atoms with Crippen molar-refractivity contribution in [2.75, 3.05) is 20.3 Å². The molecule has 3 unspecified atom stereocenters. The second-order valence-electron chi connectivity index (χ2n) is 5.63. The molecule has 0 bridgehead atoms. The van der Waals surface area contributed by atoms with Gasteiger partial charge < -0.3 is 15.4 Å². The Labute approximate surface area is 120 Å². The van der Waals surface area contributed by atoms with Gasteiger partial charge in [0, 0.05) is 6.04 Å². The van der Waals surface area contributed by atoms with Gasteiger partial charge in [0.25, 0.3) is 0 Å². The molecule has 20 heavy (non-hydrogen) atoms. The van der Waals surface area contributed by atoms with Gasteiger partial charge in [-0.1, -0.05) is 23.8 Å². The van der Waals surface area contributed by atoms with Gasteiger partial charge in [0.05, 0.1) is 25.2 Å². The highest BCUT2D eigenvalue weighted by Crippen LogP contribution is 2.20. The van der Waals surface area contributed by atoms with Crippen LogP contribution in [0.1, 0.15) is 29.7 Å². The Balaban J connectivity index is 2.03. The van der Waals surface area contributed by atoms with Crippen LogP contribution >= 0.6 is 0 Å². The molecule has 4 heteroatoms. The third kappa shape index (κ3) is 3.19. The zero-order valence-electron chi connectivity index (χ0n) is 12.7. The van der Waals surface area contributed by atoms with E-state index >= 15 is 0 Å². The predicted molar refractivity (Wildman–Crippen MR) is 79.6 cm³/mol. The second kappa shape index (κ2) is 6.37. The van der Waals surface area contributed by atoms with E-state index in [2.05, 4.69) is 42.7 Å². The number of carbonyl (C=O) groups excluding carboxylic acids is 1. The lowest BCUT2D eigenvalue weighted by Gasteiger charge is -2.21. The molecule has 0 radical (unpaired) electrons. The monoisotopic (exact) mass is 276 g/mol. The molecular weight excluding hydrogens is 252 g/mol. The first-order valence-corrected chi connectivity index (χ1v) is 7.15. The first-order valence-electron chi connectivity index (χ1n) is 7.15. The Morgan fingerprint density at radius 1 is 1.35 bits per heavy atom. The Kier molecular flexibility index (Phi) is 4.78. The van der Waals surface area contributed by atoms with Crippen molar-refractivity contribution in [1.29, 1.82) is 0 Å². The summed E-state index contributed by atoms with van der Waals surface area (Å²) in [6.07, 6.45) is 0. The molecule has 1 aromatic carbocycles. The summed E-state index contributed by atoms with van der Waals surface area (Å²) >= 11 is 0. The number of rotatable bonds is 4. The third-order valence-corrected chi connectivity index (χ3v) is 4.04. The molecular formula is C16H24N2O2. The fourth-order valence-electron chi connectivity index (χ4n) is 2.81. The maximum Gasteiger partial charge on any atom is 0.227 e. The second-order valence-corrected chi connectivity index (χ2v) is 5.63. The van der Waals surface area contributed by atoms with Crippen molar-refractivity contribution in [2.45, 2.75) is 32.9 Å². The van der Waals surface area contributed by atoms with Crippen molar-refractivity contribution in [1.82, 2.24) is 10.6 Å². The van der Waals surface area contributed by atoms with Crippen LogP contribution < -0.4 is 10.6 Å². The maximum absolute atomic E-state index is 12.3. The molecule has 1 saturated heterocycles. The van der Waals surface area contributed by atoms with Crippen molar-refractivity contribution in [2.24, 2.45) is 5.92 Å². The summed E-state index contributed by atoms with van der Waals surface area (Å²) < 4.78 is 5.39. The highest BCUT2D eigenvalue weighted by atomic mass is 16.5. The largest absolute Gasteiger partial charge is 0.379 e. The summed E-state index contributed by atoms with van der Waals surface area (Å²) in [4.78, 5) is 12.3. The Morgan fingerprint density at radius 2 is 2.10 bits per heavy atom. The number of carbonyl (C=O) groups is 1. The summed E-state index contributed by atoms with van der Waals surface area (Å²) in [5, 5.41) is 6.24. The van der Waals surface area contributed by atoms with Crippen molar-refractivity contribution in [3.8, 4) is 0 Å². The van der Waals surface area contributed by atoms with Crippen LogP contribution in [-0.4, -0.2) is 32.2 Å². The zero-order valence-corrected chi connectivity index (χ0v) is 12.7. The Bertz CT molecular complexity index is 487. The number of likely N-dealkylation sites (N-methyl/N-ethyl adjacent to an activating group) is 1. The highest BCUT2D eigenvalue weighted by Gasteiger charge is 2.33. The lowest BCUT2D eigenvalue weighted by atomic mass is 9.98. The SMILES string of the molecule is CNC1COCC1C(=O)NC(C)c1ccc(C)cc1C. The molecule has 2 rings (SSSR count). The molecule has 1 aromatic rings. The third-order valence-electron chi connectivity index (χ3n) is 4.04. The van der Waals surface area contributed by atoms with Gasteiger partial charge >= 0.3 is 0 Å². The molecule has 2 N–H and O–H groups in total. The zero-order chi connectivity index (χ0) is 14.7. The first-order chi connectivity index (χ1) is 9.52. The summed E-state index contributed by atoms with van der Waals surface area (Å²) in [6.45, 7) is 7.29. The van der Waals surface area contributed by atoms with E-state index in [0.717, 1.165) is 0 Å². The van der Waals surface area contributed by atoms with Crippen LogP contribution in [0.5, 0.6) is 0 Å². The van der Waals surface area contributed by atoms with E-state index in [9.17, 15) is 4.79 Å². The van der Waals surface area contributed by atoms with Gasteiger partial charge in [-0.3, -0.25) is 4.79 Å². The van der Waals surface area contributed by atoms with Gasteiger partial charge in [-0.15, -0.1) is 0 Å². The number of benzene rings is 1. The maximum atomic E-state index is 12.3. The van der Waals surface area contributed by atoms with E-state index in [1.54, 1.807) is 0 Å². The molecule has 1 aliphatic rings. The average molecular weight is 276 g/mol. The first kappa shape index (κ1) is 15.0. The molecule has 1 amide bonds. The number of ether oxygens (including phenoxy) is 1. The van der Waals surface area contributed by atoms with E-state index in [1.165, 1.54) is 16.7 Å².